The van der Waals surface area contributed by atoms with Crippen LogP contribution in [0.5, 0.6) is 0 Å². The number of carbonyl (C=O) groups is 1. The average molecular weight is 217 g/mol. The second-order valence-corrected chi connectivity index (χ2v) is 4.17. The number of carboxylic acid groups (broad SMARTS) is 1. The van der Waals surface area contributed by atoms with Crippen LogP contribution in [0.25, 0.3) is 0 Å². The van der Waals surface area contributed by atoms with Crippen LogP contribution in [0.2, 0.25) is 0 Å². The van der Waals surface area contributed by atoms with Gasteiger partial charge in [0.05, 0.1) is 0 Å². The van der Waals surface area contributed by atoms with Crippen LogP contribution >= 0.6 is 0 Å². The topological polar surface area (TPSA) is 63.3 Å². The molecule has 0 heterocycles. The summed E-state index contributed by atoms with van der Waals surface area (Å²) in [6.07, 6.45) is 7.01. The molecule has 0 aliphatic heterocycles. The summed E-state index contributed by atoms with van der Waals surface area (Å²) in [4.78, 5) is 10.0. The third-order valence-electron chi connectivity index (χ3n) is 2.21. The normalized spacial score (nSPS) is 11.9. The first kappa shape index (κ1) is 16.8. The van der Waals surface area contributed by atoms with Gasteiger partial charge in [-0.1, -0.05) is 59.8 Å². The molecule has 0 radical (unpaired) electrons. The van der Waals surface area contributed by atoms with E-state index in [1.807, 2.05) is 0 Å². The molecule has 0 unspecified atom stereocenters. The maximum absolute atomic E-state index is 10.0. The van der Waals surface area contributed by atoms with Crippen molar-refractivity contribution in [1.29, 1.82) is 0 Å². The number of rotatable bonds is 6. The Morgan fingerprint density at radius 3 is 1.67 bits per heavy atom. The fourth-order valence-electron chi connectivity index (χ4n) is 0.962. The lowest BCUT2D eigenvalue weighted by molar-refractivity contribution is -0.139. The molecule has 15 heavy (non-hydrogen) atoms. The van der Waals surface area contributed by atoms with Gasteiger partial charge in [0.15, 0.2) is 0 Å². The maximum Gasteiger partial charge on any atom is 0.320 e. The zero-order chi connectivity index (χ0) is 12.3. The molecule has 3 N–H and O–H groups in total. The fourth-order valence-corrected chi connectivity index (χ4v) is 0.962. The van der Waals surface area contributed by atoms with Gasteiger partial charge in [-0.3, -0.25) is 4.79 Å². The Balaban J connectivity index is 0. The Morgan fingerprint density at radius 2 is 1.53 bits per heavy atom. The minimum atomic E-state index is -0.931. The van der Waals surface area contributed by atoms with Crippen molar-refractivity contribution in [3.63, 3.8) is 0 Å². The summed E-state index contributed by atoms with van der Waals surface area (Å²) < 4.78 is 0. The van der Waals surface area contributed by atoms with Crippen molar-refractivity contribution >= 4 is 5.97 Å². The molecule has 92 valence electrons. The van der Waals surface area contributed by atoms with Crippen LogP contribution in [-0.2, 0) is 4.79 Å². The van der Waals surface area contributed by atoms with E-state index >= 15 is 0 Å². The minimum absolute atomic E-state index is 0.0208. The quantitative estimate of drug-likeness (QED) is 0.672. The summed E-state index contributed by atoms with van der Waals surface area (Å²) in [7, 11) is 0. The molecule has 0 fully saturated rings. The monoisotopic (exact) mass is 217 g/mol. The van der Waals surface area contributed by atoms with Crippen LogP contribution in [0.3, 0.4) is 0 Å². The van der Waals surface area contributed by atoms with Gasteiger partial charge < -0.3 is 10.8 Å². The molecule has 3 heteroatoms. The van der Waals surface area contributed by atoms with Crippen molar-refractivity contribution in [3.8, 4) is 0 Å². The van der Waals surface area contributed by atoms with Gasteiger partial charge in [-0.05, 0) is 5.92 Å². The van der Waals surface area contributed by atoms with E-state index in [0.29, 0.717) is 0 Å². The van der Waals surface area contributed by atoms with Gasteiger partial charge in [-0.15, -0.1) is 0 Å². The Bertz CT molecular complexity index is 143. The van der Waals surface area contributed by atoms with Gasteiger partial charge in [0, 0.05) is 0 Å². The molecule has 0 saturated carbocycles. The molecular weight excluding hydrogens is 190 g/mol. The molecule has 0 aromatic heterocycles. The van der Waals surface area contributed by atoms with Crippen molar-refractivity contribution in [2.24, 2.45) is 11.7 Å². The molecule has 0 bridgehead atoms. The van der Waals surface area contributed by atoms with Crippen LogP contribution in [0, 0.1) is 5.92 Å². The SMILES string of the molecule is CC(C)[C@H](N)C(=O)O.CCCCCCC. The van der Waals surface area contributed by atoms with Crippen molar-refractivity contribution in [1.82, 2.24) is 0 Å². The summed E-state index contributed by atoms with van der Waals surface area (Å²) in [5, 5.41) is 8.23. The fraction of sp³-hybridized carbons (Fsp3) is 0.917. The molecule has 0 spiro atoms. The zero-order valence-electron chi connectivity index (χ0n) is 10.6. The first-order chi connectivity index (χ1) is 6.97. The Morgan fingerprint density at radius 1 is 1.13 bits per heavy atom. The standard InChI is InChI=1S/C7H16.C5H11NO2/c1-3-5-7-6-4-2;1-3(2)4(6)5(7)8/h3-7H2,1-2H3;3-4H,6H2,1-2H3,(H,7,8)/t;4-/m.0/s1. The second-order valence-electron chi connectivity index (χ2n) is 4.17. The summed E-state index contributed by atoms with van der Waals surface area (Å²) >= 11 is 0. The van der Waals surface area contributed by atoms with Crippen molar-refractivity contribution < 1.29 is 9.90 Å². The Labute approximate surface area is 94.1 Å². The molecule has 0 aromatic rings. The zero-order valence-corrected chi connectivity index (χ0v) is 10.6. The van der Waals surface area contributed by atoms with E-state index in [9.17, 15) is 4.79 Å². The lowest BCUT2D eigenvalue weighted by atomic mass is 10.1. The Kier molecular flexibility index (Phi) is 12.9. The third-order valence-corrected chi connectivity index (χ3v) is 2.21. The van der Waals surface area contributed by atoms with Gasteiger partial charge in [0.2, 0.25) is 0 Å². The van der Waals surface area contributed by atoms with Crippen molar-refractivity contribution in [3.05, 3.63) is 0 Å². The van der Waals surface area contributed by atoms with E-state index in [0.717, 1.165) is 0 Å². The lowest BCUT2D eigenvalue weighted by Gasteiger charge is -2.07. The highest BCUT2D eigenvalue weighted by Crippen LogP contribution is 2.00. The van der Waals surface area contributed by atoms with Gasteiger partial charge in [-0.2, -0.15) is 0 Å². The van der Waals surface area contributed by atoms with Gasteiger partial charge in [0.25, 0.3) is 0 Å². The van der Waals surface area contributed by atoms with Gasteiger partial charge in [-0.25, -0.2) is 0 Å². The molecule has 0 aromatic carbocycles. The molecule has 0 rings (SSSR count). The van der Waals surface area contributed by atoms with Gasteiger partial charge in [0.1, 0.15) is 6.04 Å². The first-order valence-electron chi connectivity index (χ1n) is 5.95. The van der Waals surface area contributed by atoms with E-state index in [1.54, 1.807) is 13.8 Å². The molecule has 0 aliphatic rings. The molecular formula is C12H27NO2. The number of hydrogen-bond donors (Lipinski definition) is 2. The largest absolute Gasteiger partial charge is 0.480 e. The first-order valence-corrected chi connectivity index (χ1v) is 5.95. The summed E-state index contributed by atoms with van der Waals surface area (Å²) in [5.74, 6) is -0.910. The average Bonchev–Trinajstić information content (AvgIpc) is 2.18. The number of unbranched alkanes of at least 4 members (excludes halogenated alkanes) is 4. The van der Waals surface area contributed by atoms with E-state index in [1.165, 1.54) is 32.1 Å². The van der Waals surface area contributed by atoms with Crippen LogP contribution in [0.15, 0.2) is 0 Å². The van der Waals surface area contributed by atoms with E-state index in [4.69, 9.17) is 10.8 Å². The second kappa shape index (κ2) is 11.5. The maximum atomic E-state index is 10.0. The minimum Gasteiger partial charge on any atom is -0.480 e. The molecule has 0 saturated heterocycles. The predicted octanol–water partition coefficient (Wildman–Crippen LogP) is 3.03. The van der Waals surface area contributed by atoms with E-state index < -0.39 is 12.0 Å². The summed E-state index contributed by atoms with van der Waals surface area (Å²) in [5.41, 5.74) is 5.16. The van der Waals surface area contributed by atoms with Crippen LogP contribution in [0.4, 0.5) is 0 Å². The third kappa shape index (κ3) is 13.4. The highest BCUT2D eigenvalue weighted by molar-refractivity contribution is 5.73. The molecule has 1 atom stereocenters. The summed E-state index contributed by atoms with van der Waals surface area (Å²) in [6.45, 7) is 8.04. The molecule has 3 nitrogen and oxygen atoms in total. The van der Waals surface area contributed by atoms with E-state index in [-0.39, 0.29) is 5.92 Å². The van der Waals surface area contributed by atoms with Crippen molar-refractivity contribution in [2.45, 2.75) is 65.8 Å². The number of aliphatic carboxylic acids is 1. The van der Waals surface area contributed by atoms with Crippen LogP contribution in [0.1, 0.15) is 59.8 Å². The van der Waals surface area contributed by atoms with Crippen LogP contribution < -0.4 is 5.73 Å². The van der Waals surface area contributed by atoms with Gasteiger partial charge >= 0.3 is 5.97 Å². The predicted molar refractivity (Wildman–Crippen MR) is 64.9 cm³/mol. The molecule has 0 aliphatic carbocycles. The lowest BCUT2D eigenvalue weighted by Crippen LogP contribution is -2.34. The highest BCUT2D eigenvalue weighted by atomic mass is 16.4. The summed E-state index contributed by atoms with van der Waals surface area (Å²) in [6, 6.07) is -0.713. The van der Waals surface area contributed by atoms with Crippen LogP contribution in [-0.4, -0.2) is 17.1 Å². The van der Waals surface area contributed by atoms with E-state index in [2.05, 4.69) is 13.8 Å². The van der Waals surface area contributed by atoms with Crippen molar-refractivity contribution in [2.75, 3.05) is 0 Å². The number of carboxylic acids is 1. The number of hydrogen-bond acceptors (Lipinski definition) is 2. The number of nitrogens with two attached hydrogens (primary N) is 1. The Hall–Kier alpha value is -0.570. The molecule has 0 amide bonds. The smallest absolute Gasteiger partial charge is 0.320 e. The highest BCUT2D eigenvalue weighted by Gasteiger charge is 2.14.